The molecular formula is C26H33N3O4S2. The summed E-state index contributed by atoms with van der Waals surface area (Å²) in [6.07, 6.45) is 1.03. The number of fused-ring (bicyclic) bond motifs is 1. The number of hydrogen-bond donors (Lipinski definition) is 0. The van der Waals surface area contributed by atoms with Gasteiger partial charge in [0.2, 0.25) is 10.0 Å². The van der Waals surface area contributed by atoms with Crippen LogP contribution in [0.1, 0.15) is 43.1 Å². The first-order chi connectivity index (χ1) is 16.7. The average Bonchev–Trinajstić information content (AvgIpc) is 3.14. The van der Waals surface area contributed by atoms with Gasteiger partial charge >= 0.3 is 0 Å². The van der Waals surface area contributed by atoms with Crippen molar-refractivity contribution >= 4 is 37.5 Å². The number of thiazole rings is 1. The highest BCUT2D eigenvalue weighted by Gasteiger charge is 2.31. The molecule has 3 aromatic rings. The molecule has 1 aliphatic rings. The molecule has 9 heteroatoms. The van der Waals surface area contributed by atoms with Gasteiger partial charge in [-0.05, 0) is 74.1 Å². The van der Waals surface area contributed by atoms with Crippen molar-refractivity contribution in [2.75, 3.05) is 26.3 Å². The Morgan fingerprint density at radius 2 is 1.80 bits per heavy atom. The van der Waals surface area contributed by atoms with Crippen molar-refractivity contribution in [2.45, 2.75) is 45.6 Å². The third-order valence-corrected chi connectivity index (χ3v) is 9.16. The maximum Gasteiger partial charge on any atom is 0.279 e. The smallest absolute Gasteiger partial charge is 0.279 e. The molecule has 4 rings (SSSR count). The number of ether oxygens (including phenoxy) is 1. The average molecular weight is 516 g/mol. The molecule has 2 aromatic carbocycles. The minimum atomic E-state index is -3.59. The summed E-state index contributed by atoms with van der Waals surface area (Å²) >= 11 is 1.46. The maximum absolute atomic E-state index is 13.2. The molecule has 0 aliphatic carbocycles. The molecule has 0 saturated carbocycles. The van der Waals surface area contributed by atoms with Crippen LogP contribution in [0, 0.1) is 18.8 Å². The second kappa shape index (κ2) is 10.7. The first-order valence-corrected chi connectivity index (χ1v) is 14.3. The van der Waals surface area contributed by atoms with E-state index in [0.29, 0.717) is 55.0 Å². The van der Waals surface area contributed by atoms with Crippen LogP contribution >= 0.6 is 11.3 Å². The first kappa shape index (κ1) is 25.8. The number of piperidine rings is 1. The Balaban J connectivity index is 1.62. The lowest BCUT2D eigenvalue weighted by atomic mass is 9.94. The molecule has 1 fully saturated rings. The summed E-state index contributed by atoms with van der Waals surface area (Å²) in [6, 6.07) is 12.3. The Morgan fingerprint density at radius 3 is 2.46 bits per heavy atom. The number of hydrogen-bond acceptors (Lipinski definition) is 5. The van der Waals surface area contributed by atoms with E-state index in [-0.39, 0.29) is 4.90 Å². The van der Waals surface area contributed by atoms with Crippen molar-refractivity contribution in [2.24, 2.45) is 16.8 Å². The van der Waals surface area contributed by atoms with Crippen LogP contribution in [0.4, 0.5) is 0 Å². The van der Waals surface area contributed by atoms with Gasteiger partial charge < -0.3 is 9.30 Å². The van der Waals surface area contributed by atoms with Crippen molar-refractivity contribution in [3.63, 3.8) is 0 Å². The third-order valence-electron chi connectivity index (χ3n) is 6.27. The molecule has 1 saturated heterocycles. The van der Waals surface area contributed by atoms with Crippen LogP contribution in [0.25, 0.3) is 10.2 Å². The summed E-state index contributed by atoms with van der Waals surface area (Å²) in [6.45, 7) is 10.9. The van der Waals surface area contributed by atoms with E-state index in [1.807, 2.05) is 30.5 Å². The predicted molar refractivity (Wildman–Crippen MR) is 139 cm³/mol. The molecule has 1 aliphatic heterocycles. The molecule has 188 valence electrons. The Kier molecular flexibility index (Phi) is 7.90. The van der Waals surface area contributed by atoms with Crippen molar-refractivity contribution in [3.8, 4) is 0 Å². The lowest BCUT2D eigenvalue weighted by molar-refractivity contribution is 0.0996. The second-order valence-electron chi connectivity index (χ2n) is 9.41. The highest BCUT2D eigenvalue weighted by molar-refractivity contribution is 7.89. The number of aryl methyl sites for hydroxylation is 1. The lowest BCUT2D eigenvalue weighted by Gasteiger charge is -2.34. The summed E-state index contributed by atoms with van der Waals surface area (Å²) in [5.74, 6) is 0.253. The largest absolute Gasteiger partial charge is 0.380 e. The number of carbonyl (C=O) groups excluding carboxylic acids is 1. The van der Waals surface area contributed by atoms with E-state index >= 15 is 0 Å². The van der Waals surface area contributed by atoms with E-state index in [2.05, 4.69) is 24.9 Å². The molecule has 0 bridgehead atoms. The molecule has 2 atom stereocenters. The standard InChI is InChI=1S/C26H33N3O4S2/c1-5-33-13-12-29-23-11-6-18(2)15-24(23)34-26(29)27-25(30)21-7-9-22(10-8-21)35(31,32)28-16-19(3)14-20(4)17-28/h6-11,15,19-20H,5,12-14,16-17H2,1-4H3. The SMILES string of the molecule is CCOCCn1c(=NC(=O)c2ccc(S(=O)(=O)N3CC(C)CC(C)C3)cc2)sc2cc(C)ccc21. The van der Waals surface area contributed by atoms with Crippen LogP contribution in [0.2, 0.25) is 0 Å². The van der Waals surface area contributed by atoms with E-state index in [0.717, 1.165) is 22.2 Å². The Morgan fingerprint density at radius 1 is 1.11 bits per heavy atom. The van der Waals surface area contributed by atoms with Crippen molar-refractivity contribution in [1.82, 2.24) is 8.87 Å². The summed E-state index contributed by atoms with van der Waals surface area (Å²) < 4.78 is 36.5. The monoisotopic (exact) mass is 515 g/mol. The minimum Gasteiger partial charge on any atom is -0.380 e. The number of benzene rings is 2. The van der Waals surface area contributed by atoms with Crippen LogP contribution in [0.15, 0.2) is 52.4 Å². The summed E-state index contributed by atoms with van der Waals surface area (Å²) in [5.41, 5.74) is 2.51. The highest BCUT2D eigenvalue weighted by atomic mass is 32.2. The van der Waals surface area contributed by atoms with Gasteiger partial charge in [0.15, 0.2) is 4.80 Å². The van der Waals surface area contributed by atoms with Crippen LogP contribution in [0.5, 0.6) is 0 Å². The zero-order chi connectivity index (χ0) is 25.2. The number of carbonyl (C=O) groups is 1. The summed E-state index contributed by atoms with van der Waals surface area (Å²) in [5, 5.41) is 0. The van der Waals surface area contributed by atoms with Gasteiger partial charge in [-0.15, -0.1) is 0 Å². The Bertz CT molecular complexity index is 1360. The maximum atomic E-state index is 13.2. The lowest BCUT2D eigenvalue weighted by Crippen LogP contribution is -2.42. The van der Waals surface area contributed by atoms with Crippen molar-refractivity contribution in [1.29, 1.82) is 0 Å². The topological polar surface area (TPSA) is 81.0 Å². The summed E-state index contributed by atoms with van der Waals surface area (Å²) in [4.78, 5) is 18.2. The van der Waals surface area contributed by atoms with E-state index in [9.17, 15) is 13.2 Å². The first-order valence-electron chi connectivity index (χ1n) is 12.1. The predicted octanol–water partition coefficient (Wildman–Crippen LogP) is 4.46. The molecule has 0 N–H and O–H groups in total. The zero-order valence-electron chi connectivity index (χ0n) is 20.7. The fourth-order valence-corrected chi connectivity index (χ4v) is 7.49. The molecule has 1 aromatic heterocycles. The second-order valence-corrected chi connectivity index (χ2v) is 12.4. The van der Waals surface area contributed by atoms with Gasteiger partial charge in [0.25, 0.3) is 5.91 Å². The molecule has 2 heterocycles. The fourth-order valence-electron chi connectivity index (χ4n) is 4.65. The molecule has 1 amide bonds. The quantitative estimate of drug-likeness (QED) is 0.435. The van der Waals surface area contributed by atoms with Gasteiger partial charge in [0.05, 0.1) is 21.7 Å². The van der Waals surface area contributed by atoms with Crippen molar-refractivity contribution < 1.29 is 17.9 Å². The van der Waals surface area contributed by atoms with Crippen LogP contribution in [0.3, 0.4) is 0 Å². The van der Waals surface area contributed by atoms with Gasteiger partial charge in [-0.1, -0.05) is 31.3 Å². The zero-order valence-corrected chi connectivity index (χ0v) is 22.4. The normalized spacial score (nSPS) is 19.9. The van der Waals surface area contributed by atoms with E-state index < -0.39 is 15.9 Å². The molecule has 0 spiro atoms. The minimum absolute atomic E-state index is 0.208. The number of sulfonamides is 1. The highest BCUT2D eigenvalue weighted by Crippen LogP contribution is 2.27. The Hall–Kier alpha value is -2.33. The number of aromatic nitrogens is 1. The number of rotatable bonds is 7. The molecule has 35 heavy (non-hydrogen) atoms. The van der Waals surface area contributed by atoms with E-state index in [1.54, 1.807) is 16.4 Å². The van der Waals surface area contributed by atoms with Gasteiger partial charge in [0.1, 0.15) is 0 Å². The summed E-state index contributed by atoms with van der Waals surface area (Å²) in [7, 11) is -3.59. The van der Waals surface area contributed by atoms with Crippen LogP contribution in [-0.4, -0.2) is 49.5 Å². The molecule has 2 unspecified atom stereocenters. The van der Waals surface area contributed by atoms with E-state index in [4.69, 9.17) is 4.74 Å². The van der Waals surface area contributed by atoms with Crippen LogP contribution < -0.4 is 4.80 Å². The van der Waals surface area contributed by atoms with Gasteiger partial charge in [-0.25, -0.2) is 8.42 Å². The number of nitrogens with zero attached hydrogens (tertiary/aromatic N) is 3. The van der Waals surface area contributed by atoms with Gasteiger partial charge in [-0.3, -0.25) is 4.79 Å². The van der Waals surface area contributed by atoms with Crippen LogP contribution in [-0.2, 0) is 21.3 Å². The van der Waals surface area contributed by atoms with E-state index in [1.165, 1.54) is 23.5 Å². The molecule has 0 radical (unpaired) electrons. The van der Waals surface area contributed by atoms with Gasteiger partial charge in [0, 0.05) is 31.8 Å². The Labute approximate surface area is 211 Å². The fraction of sp³-hybridized carbons (Fsp3) is 0.462. The molecule has 7 nitrogen and oxygen atoms in total. The molecular weight excluding hydrogens is 482 g/mol. The number of amides is 1. The third kappa shape index (κ3) is 5.74. The van der Waals surface area contributed by atoms with Gasteiger partial charge in [-0.2, -0.15) is 9.30 Å². The van der Waals surface area contributed by atoms with Crippen molar-refractivity contribution in [3.05, 3.63) is 58.4 Å².